The van der Waals surface area contributed by atoms with Crippen LogP contribution in [-0.2, 0) is 4.74 Å². The van der Waals surface area contributed by atoms with Crippen LogP contribution < -0.4 is 5.32 Å². The number of piperidine rings is 1. The van der Waals surface area contributed by atoms with Gasteiger partial charge in [-0.2, -0.15) is 0 Å². The van der Waals surface area contributed by atoms with Crippen molar-refractivity contribution in [3.63, 3.8) is 0 Å². The van der Waals surface area contributed by atoms with Crippen LogP contribution in [0.25, 0.3) is 0 Å². The van der Waals surface area contributed by atoms with E-state index in [2.05, 4.69) is 37.4 Å². The number of benzene rings is 1. The Labute approximate surface area is 121 Å². The molecule has 0 aromatic heterocycles. The molecule has 1 N–H and O–H groups in total. The third-order valence-corrected chi connectivity index (χ3v) is 3.61. The summed E-state index contributed by atoms with van der Waals surface area (Å²) in [6.07, 6.45) is 1.75. The van der Waals surface area contributed by atoms with Gasteiger partial charge in [0.05, 0.1) is 6.61 Å². The standard InChI is InChI=1S/C16H24N2O2/c1-4-20-16(19)18-7-5-14(6-8-18)17-15-10-12(2)9-13(3)11-15/h9-11,14,17H,4-8H2,1-3H3. The van der Waals surface area contributed by atoms with Crippen molar-refractivity contribution in [3.8, 4) is 0 Å². The second-order valence-electron chi connectivity index (χ2n) is 5.48. The van der Waals surface area contributed by atoms with E-state index in [4.69, 9.17) is 4.74 Å². The molecule has 1 fully saturated rings. The third kappa shape index (κ3) is 3.89. The molecule has 1 saturated heterocycles. The number of nitrogens with one attached hydrogen (secondary N) is 1. The summed E-state index contributed by atoms with van der Waals surface area (Å²) in [5.41, 5.74) is 3.73. The van der Waals surface area contributed by atoms with Gasteiger partial charge in [0.25, 0.3) is 0 Å². The minimum absolute atomic E-state index is 0.183. The fraction of sp³-hybridized carbons (Fsp3) is 0.562. The first-order chi connectivity index (χ1) is 9.58. The zero-order chi connectivity index (χ0) is 14.5. The summed E-state index contributed by atoms with van der Waals surface area (Å²) < 4.78 is 5.03. The van der Waals surface area contributed by atoms with Gasteiger partial charge in [-0.15, -0.1) is 0 Å². The number of carbonyl (C=O) groups is 1. The monoisotopic (exact) mass is 276 g/mol. The number of aryl methyl sites for hydroxylation is 2. The predicted molar refractivity (Wildman–Crippen MR) is 81.2 cm³/mol. The molecule has 2 rings (SSSR count). The Kier molecular flexibility index (Phi) is 4.88. The van der Waals surface area contributed by atoms with E-state index in [-0.39, 0.29) is 6.09 Å². The molecule has 4 nitrogen and oxygen atoms in total. The smallest absolute Gasteiger partial charge is 0.409 e. The summed E-state index contributed by atoms with van der Waals surface area (Å²) >= 11 is 0. The molecule has 1 aromatic rings. The van der Waals surface area contributed by atoms with Gasteiger partial charge in [-0.05, 0) is 56.9 Å². The largest absolute Gasteiger partial charge is 0.450 e. The lowest BCUT2D eigenvalue weighted by Crippen LogP contribution is -2.42. The van der Waals surface area contributed by atoms with Gasteiger partial charge >= 0.3 is 6.09 Å². The van der Waals surface area contributed by atoms with Gasteiger partial charge in [-0.3, -0.25) is 0 Å². The summed E-state index contributed by atoms with van der Waals surface area (Å²) in [6, 6.07) is 6.95. The average molecular weight is 276 g/mol. The SMILES string of the molecule is CCOC(=O)N1CCC(Nc2cc(C)cc(C)c2)CC1. The lowest BCUT2D eigenvalue weighted by Gasteiger charge is -2.32. The molecule has 0 saturated carbocycles. The molecule has 0 aliphatic carbocycles. The predicted octanol–water partition coefficient (Wildman–Crippen LogP) is 3.34. The molecule has 0 unspecified atom stereocenters. The number of hydrogen-bond donors (Lipinski definition) is 1. The van der Waals surface area contributed by atoms with E-state index in [0.717, 1.165) is 25.9 Å². The van der Waals surface area contributed by atoms with Crippen LogP contribution >= 0.6 is 0 Å². The number of carbonyl (C=O) groups excluding carboxylic acids is 1. The van der Waals surface area contributed by atoms with Crippen molar-refractivity contribution in [3.05, 3.63) is 29.3 Å². The van der Waals surface area contributed by atoms with E-state index < -0.39 is 0 Å². The summed E-state index contributed by atoms with van der Waals surface area (Å²) in [4.78, 5) is 13.4. The van der Waals surface area contributed by atoms with E-state index in [1.165, 1.54) is 16.8 Å². The Morgan fingerprint density at radius 1 is 1.25 bits per heavy atom. The van der Waals surface area contributed by atoms with Crippen LogP contribution in [0.4, 0.5) is 10.5 Å². The molecular weight excluding hydrogens is 252 g/mol. The van der Waals surface area contributed by atoms with Crippen molar-refractivity contribution in [2.45, 2.75) is 39.7 Å². The average Bonchev–Trinajstić information content (AvgIpc) is 2.38. The Balaban J connectivity index is 1.86. The van der Waals surface area contributed by atoms with Gasteiger partial charge in [0.15, 0.2) is 0 Å². The topological polar surface area (TPSA) is 41.6 Å². The van der Waals surface area contributed by atoms with Crippen LogP contribution in [0.5, 0.6) is 0 Å². The number of ether oxygens (including phenoxy) is 1. The van der Waals surface area contributed by atoms with Gasteiger partial charge in [-0.25, -0.2) is 4.79 Å². The first-order valence-corrected chi connectivity index (χ1v) is 7.35. The molecule has 110 valence electrons. The molecule has 1 heterocycles. The van der Waals surface area contributed by atoms with Crippen LogP contribution in [0.2, 0.25) is 0 Å². The fourth-order valence-electron chi connectivity index (χ4n) is 2.71. The van der Waals surface area contributed by atoms with Crippen LogP contribution in [0.1, 0.15) is 30.9 Å². The first-order valence-electron chi connectivity index (χ1n) is 7.35. The second-order valence-corrected chi connectivity index (χ2v) is 5.48. The molecule has 0 bridgehead atoms. The highest BCUT2D eigenvalue weighted by atomic mass is 16.6. The highest BCUT2D eigenvalue weighted by Gasteiger charge is 2.23. The third-order valence-electron chi connectivity index (χ3n) is 3.61. The maximum Gasteiger partial charge on any atom is 0.409 e. The molecule has 4 heteroatoms. The zero-order valence-electron chi connectivity index (χ0n) is 12.6. The molecule has 0 atom stereocenters. The van der Waals surface area contributed by atoms with Crippen molar-refractivity contribution in [1.29, 1.82) is 0 Å². The lowest BCUT2D eigenvalue weighted by atomic mass is 10.0. The number of hydrogen-bond acceptors (Lipinski definition) is 3. The van der Waals surface area contributed by atoms with Crippen LogP contribution in [0.15, 0.2) is 18.2 Å². The van der Waals surface area contributed by atoms with Crippen LogP contribution in [-0.4, -0.2) is 36.7 Å². The number of rotatable bonds is 3. The summed E-state index contributed by atoms with van der Waals surface area (Å²) in [5.74, 6) is 0. The highest BCUT2D eigenvalue weighted by Crippen LogP contribution is 2.19. The van der Waals surface area contributed by atoms with Gasteiger partial charge in [0, 0.05) is 24.8 Å². The zero-order valence-corrected chi connectivity index (χ0v) is 12.6. The number of anilines is 1. The molecule has 1 amide bonds. The first kappa shape index (κ1) is 14.7. The Morgan fingerprint density at radius 3 is 2.40 bits per heavy atom. The fourth-order valence-corrected chi connectivity index (χ4v) is 2.71. The molecule has 0 spiro atoms. The quantitative estimate of drug-likeness (QED) is 0.920. The molecule has 0 radical (unpaired) electrons. The number of likely N-dealkylation sites (tertiary alicyclic amines) is 1. The Hall–Kier alpha value is -1.71. The number of nitrogens with zero attached hydrogens (tertiary/aromatic N) is 1. The Morgan fingerprint density at radius 2 is 1.85 bits per heavy atom. The normalized spacial score (nSPS) is 16.1. The van der Waals surface area contributed by atoms with E-state index in [9.17, 15) is 4.79 Å². The van der Waals surface area contributed by atoms with Gasteiger partial charge in [-0.1, -0.05) is 6.07 Å². The minimum atomic E-state index is -0.183. The van der Waals surface area contributed by atoms with E-state index in [0.29, 0.717) is 12.6 Å². The molecule has 20 heavy (non-hydrogen) atoms. The van der Waals surface area contributed by atoms with Gasteiger partial charge in [0.1, 0.15) is 0 Å². The van der Waals surface area contributed by atoms with Gasteiger partial charge in [0.2, 0.25) is 0 Å². The van der Waals surface area contributed by atoms with Crippen molar-refractivity contribution >= 4 is 11.8 Å². The van der Waals surface area contributed by atoms with Crippen molar-refractivity contribution in [1.82, 2.24) is 4.90 Å². The summed E-state index contributed by atoms with van der Waals surface area (Å²) in [7, 11) is 0. The van der Waals surface area contributed by atoms with E-state index in [1.54, 1.807) is 4.90 Å². The van der Waals surface area contributed by atoms with Crippen LogP contribution in [0.3, 0.4) is 0 Å². The summed E-state index contributed by atoms with van der Waals surface area (Å²) in [6.45, 7) is 8.04. The lowest BCUT2D eigenvalue weighted by molar-refractivity contribution is 0.0983. The molecule has 1 aromatic carbocycles. The van der Waals surface area contributed by atoms with Crippen molar-refractivity contribution in [2.75, 3.05) is 25.0 Å². The Bertz CT molecular complexity index is 445. The minimum Gasteiger partial charge on any atom is -0.450 e. The number of amides is 1. The van der Waals surface area contributed by atoms with Crippen molar-refractivity contribution in [2.24, 2.45) is 0 Å². The maximum atomic E-state index is 11.6. The summed E-state index contributed by atoms with van der Waals surface area (Å²) in [5, 5.41) is 3.58. The molecule has 1 aliphatic heterocycles. The maximum absolute atomic E-state index is 11.6. The van der Waals surface area contributed by atoms with E-state index >= 15 is 0 Å². The van der Waals surface area contributed by atoms with E-state index in [1.807, 2.05) is 6.92 Å². The van der Waals surface area contributed by atoms with Gasteiger partial charge < -0.3 is 15.0 Å². The second kappa shape index (κ2) is 6.64. The molecule has 1 aliphatic rings. The van der Waals surface area contributed by atoms with Crippen LogP contribution in [0, 0.1) is 13.8 Å². The highest BCUT2D eigenvalue weighted by molar-refractivity contribution is 5.67. The van der Waals surface area contributed by atoms with Crippen molar-refractivity contribution < 1.29 is 9.53 Å². The molecular formula is C16H24N2O2.